The third kappa shape index (κ3) is 4.75. The molecule has 0 aromatic heterocycles. The lowest BCUT2D eigenvalue weighted by molar-refractivity contribution is -0.128. The SMILES string of the molecule is CC(=O)N1CCCN(CC(=O)Nc2cccc(N)c2)CC1. The third-order valence-corrected chi connectivity index (χ3v) is 3.57. The Balaban J connectivity index is 1.84. The fourth-order valence-electron chi connectivity index (χ4n) is 2.46. The first-order chi connectivity index (χ1) is 10.0. The first kappa shape index (κ1) is 15.3. The number of nitrogens with one attached hydrogen (secondary N) is 1. The fourth-order valence-corrected chi connectivity index (χ4v) is 2.46. The summed E-state index contributed by atoms with van der Waals surface area (Å²) in [6, 6.07) is 7.13. The predicted molar refractivity (Wildman–Crippen MR) is 82.8 cm³/mol. The smallest absolute Gasteiger partial charge is 0.238 e. The number of nitrogen functional groups attached to an aromatic ring is 1. The summed E-state index contributed by atoms with van der Waals surface area (Å²) in [5.41, 5.74) is 7.02. The molecule has 1 aliphatic heterocycles. The van der Waals surface area contributed by atoms with Crippen LogP contribution in [0, 0.1) is 0 Å². The predicted octanol–water partition coefficient (Wildman–Crippen LogP) is 0.761. The van der Waals surface area contributed by atoms with Crippen LogP contribution in [0.1, 0.15) is 13.3 Å². The Morgan fingerprint density at radius 1 is 1.24 bits per heavy atom. The Kier molecular flexibility index (Phi) is 5.16. The molecule has 0 aliphatic carbocycles. The summed E-state index contributed by atoms with van der Waals surface area (Å²) in [6.45, 7) is 4.92. The van der Waals surface area contributed by atoms with E-state index in [4.69, 9.17) is 5.73 Å². The van der Waals surface area contributed by atoms with E-state index in [1.807, 2.05) is 17.0 Å². The molecule has 0 radical (unpaired) electrons. The second kappa shape index (κ2) is 7.08. The van der Waals surface area contributed by atoms with Gasteiger partial charge in [-0.1, -0.05) is 6.07 Å². The van der Waals surface area contributed by atoms with Crippen LogP contribution in [-0.2, 0) is 9.59 Å². The van der Waals surface area contributed by atoms with Gasteiger partial charge in [0.15, 0.2) is 0 Å². The molecule has 3 N–H and O–H groups in total. The summed E-state index contributed by atoms with van der Waals surface area (Å²) in [5.74, 6) is 0.0398. The van der Waals surface area contributed by atoms with Gasteiger partial charge in [0.1, 0.15) is 0 Å². The average Bonchev–Trinajstić information content (AvgIpc) is 2.64. The van der Waals surface area contributed by atoms with Crippen LogP contribution in [0.4, 0.5) is 11.4 Å². The summed E-state index contributed by atoms with van der Waals surface area (Å²) in [7, 11) is 0. The minimum Gasteiger partial charge on any atom is -0.399 e. The van der Waals surface area contributed by atoms with Gasteiger partial charge >= 0.3 is 0 Å². The van der Waals surface area contributed by atoms with Crippen LogP contribution < -0.4 is 11.1 Å². The molecular weight excluding hydrogens is 268 g/mol. The second-order valence-electron chi connectivity index (χ2n) is 5.31. The van der Waals surface area contributed by atoms with E-state index in [-0.39, 0.29) is 11.8 Å². The van der Waals surface area contributed by atoms with Crippen molar-refractivity contribution in [3.8, 4) is 0 Å². The maximum Gasteiger partial charge on any atom is 0.238 e. The quantitative estimate of drug-likeness (QED) is 0.806. The number of nitrogens with zero attached hydrogens (tertiary/aromatic N) is 2. The lowest BCUT2D eigenvalue weighted by Crippen LogP contribution is -2.37. The molecule has 6 heteroatoms. The zero-order chi connectivity index (χ0) is 15.2. The normalized spacial score (nSPS) is 16.3. The van der Waals surface area contributed by atoms with Gasteiger partial charge in [-0.3, -0.25) is 14.5 Å². The molecule has 1 aromatic carbocycles. The minimum atomic E-state index is -0.0584. The number of amides is 2. The van der Waals surface area contributed by atoms with Gasteiger partial charge in [0.05, 0.1) is 6.54 Å². The fraction of sp³-hybridized carbons (Fsp3) is 0.467. The molecule has 1 heterocycles. The maximum atomic E-state index is 12.0. The topological polar surface area (TPSA) is 78.7 Å². The molecule has 0 spiro atoms. The summed E-state index contributed by atoms with van der Waals surface area (Å²) >= 11 is 0. The van der Waals surface area contributed by atoms with E-state index in [0.29, 0.717) is 24.5 Å². The standard InChI is InChI=1S/C15H22N4O2/c1-12(20)19-7-3-6-18(8-9-19)11-15(21)17-14-5-2-4-13(16)10-14/h2,4-5,10H,3,6-9,11,16H2,1H3,(H,17,21). The highest BCUT2D eigenvalue weighted by molar-refractivity contribution is 5.92. The molecule has 114 valence electrons. The van der Waals surface area contributed by atoms with Gasteiger partial charge in [-0.2, -0.15) is 0 Å². The molecular formula is C15H22N4O2. The number of rotatable bonds is 3. The van der Waals surface area contributed by atoms with Gasteiger partial charge in [-0.05, 0) is 24.6 Å². The molecule has 0 atom stereocenters. The lowest BCUT2D eigenvalue weighted by atomic mass is 10.3. The Morgan fingerprint density at radius 3 is 2.76 bits per heavy atom. The van der Waals surface area contributed by atoms with Crippen molar-refractivity contribution in [2.75, 3.05) is 43.8 Å². The molecule has 6 nitrogen and oxygen atoms in total. The Bertz CT molecular complexity index is 518. The van der Waals surface area contributed by atoms with E-state index >= 15 is 0 Å². The molecule has 1 fully saturated rings. The Labute approximate surface area is 124 Å². The molecule has 0 bridgehead atoms. The summed E-state index contributed by atoms with van der Waals surface area (Å²) in [5, 5.41) is 2.84. The van der Waals surface area contributed by atoms with Crippen LogP contribution in [0.3, 0.4) is 0 Å². The maximum absolute atomic E-state index is 12.0. The molecule has 1 aliphatic rings. The van der Waals surface area contributed by atoms with Gasteiger partial charge in [-0.25, -0.2) is 0 Å². The number of carbonyl (C=O) groups excluding carboxylic acids is 2. The van der Waals surface area contributed by atoms with E-state index < -0.39 is 0 Å². The van der Waals surface area contributed by atoms with Gasteiger partial charge in [0, 0.05) is 44.5 Å². The highest BCUT2D eigenvalue weighted by Gasteiger charge is 2.18. The van der Waals surface area contributed by atoms with Crippen molar-refractivity contribution in [2.24, 2.45) is 0 Å². The van der Waals surface area contributed by atoms with Gasteiger partial charge < -0.3 is 16.0 Å². The van der Waals surface area contributed by atoms with Crippen LogP contribution in [0.15, 0.2) is 24.3 Å². The molecule has 0 saturated carbocycles. The lowest BCUT2D eigenvalue weighted by Gasteiger charge is -2.20. The van der Waals surface area contributed by atoms with Gasteiger partial charge in [-0.15, -0.1) is 0 Å². The molecule has 0 unspecified atom stereocenters. The van der Waals surface area contributed by atoms with E-state index in [9.17, 15) is 9.59 Å². The minimum absolute atomic E-state index is 0.0584. The van der Waals surface area contributed by atoms with Crippen LogP contribution in [0.25, 0.3) is 0 Å². The molecule has 2 amide bonds. The largest absolute Gasteiger partial charge is 0.399 e. The molecule has 2 rings (SSSR count). The second-order valence-corrected chi connectivity index (χ2v) is 5.31. The van der Waals surface area contributed by atoms with E-state index in [2.05, 4.69) is 10.2 Å². The summed E-state index contributed by atoms with van der Waals surface area (Å²) in [4.78, 5) is 27.3. The zero-order valence-corrected chi connectivity index (χ0v) is 12.3. The number of benzene rings is 1. The van der Waals surface area contributed by atoms with Crippen molar-refractivity contribution in [1.29, 1.82) is 0 Å². The summed E-state index contributed by atoms with van der Waals surface area (Å²) in [6.07, 6.45) is 0.894. The monoisotopic (exact) mass is 290 g/mol. The van der Waals surface area contributed by atoms with Crippen molar-refractivity contribution in [3.05, 3.63) is 24.3 Å². The number of hydrogen-bond acceptors (Lipinski definition) is 4. The molecule has 1 saturated heterocycles. The number of nitrogens with two attached hydrogens (primary N) is 1. The highest BCUT2D eigenvalue weighted by Crippen LogP contribution is 2.12. The van der Waals surface area contributed by atoms with Crippen LogP contribution in [0.5, 0.6) is 0 Å². The first-order valence-electron chi connectivity index (χ1n) is 7.18. The van der Waals surface area contributed by atoms with Crippen molar-refractivity contribution in [3.63, 3.8) is 0 Å². The van der Waals surface area contributed by atoms with Crippen molar-refractivity contribution < 1.29 is 9.59 Å². The van der Waals surface area contributed by atoms with E-state index in [1.165, 1.54) is 0 Å². The third-order valence-electron chi connectivity index (χ3n) is 3.57. The van der Waals surface area contributed by atoms with Gasteiger partial charge in [0.2, 0.25) is 11.8 Å². The zero-order valence-electron chi connectivity index (χ0n) is 12.3. The first-order valence-corrected chi connectivity index (χ1v) is 7.18. The van der Waals surface area contributed by atoms with Gasteiger partial charge in [0.25, 0.3) is 0 Å². The van der Waals surface area contributed by atoms with Crippen LogP contribution in [-0.4, -0.2) is 54.3 Å². The van der Waals surface area contributed by atoms with Crippen molar-refractivity contribution in [1.82, 2.24) is 9.80 Å². The molecule has 1 aromatic rings. The molecule has 21 heavy (non-hydrogen) atoms. The van der Waals surface area contributed by atoms with Crippen molar-refractivity contribution in [2.45, 2.75) is 13.3 Å². The average molecular weight is 290 g/mol. The van der Waals surface area contributed by atoms with Crippen molar-refractivity contribution >= 4 is 23.2 Å². The van der Waals surface area contributed by atoms with Crippen LogP contribution >= 0.6 is 0 Å². The van der Waals surface area contributed by atoms with E-state index in [0.717, 1.165) is 26.1 Å². The Morgan fingerprint density at radius 2 is 2.05 bits per heavy atom. The van der Waals surface area contributed by atoms with E-state index in [1.54, 1.807) is 19.1 Å². The highest BCUT2D eigenvalue weighted by atomic mass is 16.2. The Hall–Kier alpha value is -2.08. The number of carbonyl (C=O) groups is 2. The van der Waals surface area contributed by atoms with Crippen LogP contribution in [0.2, 0.25) is 0 Å². The number of anilines is 2. The number of hydrogen-bond donors (Lipinski definition) is 2. The summed E-state index contributed by atoms with van der Waals surface area (Å²) < 4.78 is 0.